The molecule has 5 heteroatoms. The molecule has 4 rings (SSSR count). The zero-order chi connectivity index (χ0) is 22.3. The first kappa shape index (κ1) is 20.5. The molecule has 1 N–H and O–H groups in total. The summed E-state index contributed by atoms with van der Waals surface area (Å²) in [5.41, 5.74) is 6.11. The summed E-state index contributed by atoms with van der Waals surface area (Å²) in [4.78, 5) is 28.2. The van der Waals surface area contributed by atoms with Crippen molar-refractivity contribution in [3.63, 3.8) is 0 Å². The summed E-state index contributed by atoms with van der Waals surface area (Å²) in [6, 6.07) is 17.0. The first-order valence-electron chi connectivity index (χ1n) is 10.1. The lowest BCUT2D eigenvalue weighted by molar-refractivity contribution is -0.120. The van der Waals surface area contributed by atoms with E-state index in [0.717, 1.165) is 27.9 Å². The number of hydrogen-bond acceptors (Lipinski definition) is 3. The first-order chi connectivity index (χ1) is 14.8. The minimum Gasteiger partial charge on any atom is -0.350 e. The summed E-state index contributed by atoms with van der Waals surface area (Å²) < 4.78 is 13.5. The molecule has 1 aliphatic rings. The van der Waals surface area contributed by atoms with E-state index in [1.807, 2.05) is 58.0 Å². The zero-order valence-electron chi connectivity index (χ0n) is 17.9. The van der Waals surface area contributed by atoms with Crippen LogP contribution in [0.1, 0.15) is 27.8 Å². The monoisotopic (exact) mass is 414 g/mol. The lowest BCUT2D eigenvalue weighted by atomic mass is 10.0. The van der Waals surface area contributed by atoms with Crippen LogP contribution in [-0.2, 0) is 9.59 Å². The molecule has 1 aliphatic heterocycles. The fraction of sp³-hybridized carbons (Fsp3) is 0.154. The van der Waals surface area contributed by atoms with Crippen molar-refractivity contribution in [2.45, 2.75) is 27.7 Å². The van der Waals surface area contributed by atoms with Gasteiger partial charge in [0.2, 0.25) is 0 Å². The summed E-state index contributed by atoms with van der Waals surface area (Å²) in [5, 5.41) is 3.20. The maximum atomic E-state index is 13.5. The third-order valence-electron chi connectivity index (χ3n) is 5.67. The quantitative estimate of drug-likeness (QED) is 0.577. The molecular weight excluding hydrogens is 391 g/mol. The van der Waals surface area contributed by atoms with E-state index in [-0.39, 0.29) is 11.3 Å². The molecule has 1 heterocycles. The Labute approximate surface area is 181 Å². The Morgan fingerprint density at radius 3 is 2.19 bits per heavy atom. The molecule has 0 aliphatic carbocycles. The fourth-order valence-electron chi connectivity index (χ4n) is 3.83. The maximum Gasteiger partial charge on any atom is 0.282 e. The van der Waals surface area contributed by atoms with E-state index < -0.39 is 17.6 Å². The molecule has 0 aromatic heterocycles. The number of carbonyl (C=O) groups is 2. The maximum absolute atomic E-state index is 13.5. The topological polar surface area (TPSA) is 49.4 Å². The second-order valence-electron chi connectivity index (χ2n) is 7.87. The predicted molar refractivity (Wildman–Crippen MR) is 121 cm³/mol. The number of amides is 2. The minimum absolute atomic E-state index is 0.185. The highest BCUT2D eigenvalue weighted by atomic mass is 19.1. The molecular formula is C26H23FN2O2. The van der Waals surface area contributed by atoms with Crippen molar-refractivity contribution in [1.29, 1.82) is 0 Å². The Kier molecular flexibility index (Phi) is 5.19. The normalized spacial score (nSPS) is 13.9. The van der Waals surface area contributed by atoms with Gasteiger partial charge in [0.15, 0.2) is 0 Å². The summed E-state index contributed by atoms with van der Waals surface area (Å²) in [6.45, 7) is 7.77. The molecule has 156 valence electrons. The second kappa shape index (κ2) is 7.84. The Bertz CT molecular complexity index is 1240. The van der Waals surface area contributed by atoms with Gasteiger partial charge in [0.1, 0.15) is 11.5 Å². The van der Waals surface area contributed by atoms with Crippen molar-refractivity contribution >= 4 is 28.8 Å². The Morgan fingerprint density at radius 1 is 0.806 bits per heavy atom. The van der Waals surface area contributed by atoms with Gasteiger partial charge in [0, 0.05) is 5.69 Å². The number of hydrogen-bond donors (Lipinski definition) is 1. The van der Waals surface area contributed by atoms with Gasteiger partial charge in [-0.15, -0.1) is 0 Å². The number of anilines is 2. The van der Waals surface area contributed by atoms with Crippen LogP contribution in [0.2, 0.25) is 0 Å². The Hall–Kier alpha value is -3.73. The average molecular weight is 414 g/mol. The summed E-state index contributed by atoms with van der Waals surface area (Å²) in [5.74, 6) is -1.27. The number of aryl methyl sites for hydroxylation is 3. The predicted octanol–water partition coefficient (Wildman–Crippen LogP) is 5.46. The van der Waals surface area contributed by atoms with Crippen LogP contribution in [0.25, 0.3) is 5.57 Å². The van der Waals surface area contributed by atoms with Crippen LogP contribution in [0.5, 0.6) is 0 Å². The Balaban J connectivity index is 1.87. The fourth-order valence-corrected chi connectivity index (χ4v) is 3.83. The lowest BCUT2D eigenvalue weighted by Gasteiger charge is -2.18. The largest absolute Gasteiger partial charge is 0.350 e. The van der Waals surface area contributed by atoms with Crippen molar-refractivity contribution in [3.05, 3.63) is 100.0 Å². The highest BCUT2D eigenvalue weighted by Crippen LogP contribution is 2.36. The molecule has 0 radical (unpaired) electrons. The van der Waals surface area contributed by atoms with Gasteiger partial charge in [-0.05, 0) is 74.2 Å². The standard InChI is InChI=1S/C26H23FN2O2/c1-15-8-13-22(17(3)14-15)29-25(30)23(19-9-11-20(27)12-10-19)24(26(29)31)28-21-7-5-6-16(2)18(21)4/h5-14,28H,1-4H3. The van der Waals surface area contributed by atoms with Crippen molar-refractivity contribution in [2.24, 2.45) is 0 Å². The molecule has 0 spiro atoms. The third-order valence-corrected chi connectivity index (χ3v) is 5.67. The van der Waals surface area contributed by atoms with Crippen molar-refractivity contribution < 1.29 is 14.0 Å². The van der Waals surface area contributed by atoms with Gasteiger partial charge in [0.25, 0.3) is 11.8 Å². The summed E-state index contributed by atoms with van der Waals surface area (Å²) in [7, 11) is 0. The van der Waals surface area contributed by atoms with E-state index >= 15 is 0 Å². The molecule has 0 bridgehead atoms. The van der Waals surface area contributed by atoms with Crippen LogP contribution in [-0.4, -0.2) is 11.8 Å². The molecule has 0 saturated carbocycles. The van der Waals surface area contributed by atoms with Crippen LogP contribution < -0.4 is 10.2 Å². The second-order valence-corrected chi connectivity index (χ2v) is 7.87. The molecule has 3 aromatic rings. The summed E-state index contributed by atoms with van der Waals surface area (Å²) >= 11 is 0. The average Bonchev–Trinajstić information content (AvgIpc) is 2.96. The van der Waals surface area contributed by atoms with Crippen LogP contribution in [0.3, 0.4) is 0 Å². The van der Waals surface area contributed by atoms with Gasteiger partial charge in [0.05, 0.1) is 11.3 Å². The molecule has 0 saturated heterocycles. The molecule has 4 nitrogen and oxygen atoms in total. The minimum atomic E-state index is -0.434. The first-order valence-corrected chi connectivity index (χ1v) is 10.1. The molecule has 2 amide bonds. The van der Waals surface area contributed by atoms with Crippen LogP contribution >= 0.6 is 0 Å². The van der Waals surface area contributed by atoms with Gasteiger partial charge < -0.3 is 5.32 Å². The van der Waals surface area contributed by atoms with E-state index in [2.05, 4.69) is 5.32 Å². The van der Waals surface area contributed by atoms with Crippen molar-refractivity contribution in [1.82, 2.24) is 0 Å². The van der Waals surface area contributed by atoms with Crippen molar-refractivity contribution in [3.8, 4) is 0 Å². The smallest absolute Gasteiger partial charge is 0.282 e. The summed E-state index contributed by atoms with van der Waals surface area (Å²) in [6.07, 6.45) is 0. The number of nitrogens with zero attached hydrogens (tertiary/aromatic N) is 1. The van der Waals surface area contributed by atoms with Crippen LogP contribution in [0.15, 0.2) is 66.4 Å². The molecule has 0 fully saturated rings. The van der Waals surface area contributed by atoms with E-state index in [1.165, 1.54) is 29.2 Å². The van der Waals surface area contributed by atoms with E-state index in [4.69, 9.17) is 0 Å². The number of nitrogens with one attached hydrogen (secondary N) is 1. The van der Waals surface area contributed by atoms with Gasteiger partial charge in [-0.25, -0.2) is 9.29 Å². The number of rotatable bonds is 4. The number of imide groups is 1. The number of carbonyl (C=O) groups excluding carboxylic acids is 2. The molecule has 31 heavy (non-hydrogen) atoms. The third kappa shape index (κ3) is 3.63. The SMILES string of the molecule is Cc1ccc(N2C(=O)C(Nc3cccc(C)c3C)=C(c3ccc(F)cc3)C2=O)c(C)c1. The van der Waals surface area contributed by atoms with Crippen LogP contribution in [0.4, 0.5) is 15.8 Å². The molecule has 3 aromatic carbocycles. The highest BCUT2D eigenvalue weighted by molar-refractivity contribution is 6.46. The molecule has 0 unspecified atom stereocenters. The van der Waals surface area contributed by atoms with E-state index in [1.54, 1.807) is 6.07 Å². The lowest BCUT2D eigenvalue weighted by Crippen LogP contribution is -2.33. The van der Waals surface area contributed by atoms with E-state index in [0.29, 0.717) is 11.3 Å². The van der Waals surface area contributed by atoms with Gasteiger partial charge in [-0.1, -0.05) is 42.0 Å². The van der Waals surface area contributed by atoms with E-state index in [9.17, 15) is 14.0 Å². The van der Waals surface area contributed by atoms with Gasteiger partial charge in [-0.2, -0.15) is 0 Å². The zero-order valence-corrected chi connectivity index (χ0v) is 17.9. The van der Waals surface area contributed by atoms with Crippen LogP contribution in [0, 0.1) is 33.5 Å². The molecule has 0 atom stereocenters. The highest BCUT2D eigenvalue weighted by Gasteiger charge is 2.41. The van der Waals surface area contributed by atoms with Gasteiger partial charge >= 0.3 is 0 Å². The van der Waals surface area contributed by atoms with Crippen molar-refractivity contribution in [2.75, 3.05) is 10.2 Å². The Morgan fingerprint density at radius 2 is 1.52 bits per heavy atom. The number of benzene rings is 3. The number of halogens is 1. The van der Waals surface area contributed by atoms with Gasteiger partial charge in [-0.3, -0.25) is 9.59 Å².